The summed E-state index contributed by atoms with van der Waals surface area (Å²) in [6.45, 7) is 5.69. The second-order valence-electron chi connectivity index (χ2n) is 5.58. The molecular weight excluding hydrogens is 216 g/mol. The van der Waals surface area contributed by atoms with Crippen molar-refractivity contribution in [2.45, 2.75) is 44.6 Å². The Labute approximate surface area is 103 Å². The van der Waals surface area contributed by atoms with Crippen molar-refractivity contribution in [2.24, 2.45) is 5.92 Å². The Morgan fingerprint density at radius 1 is 1.47 bits per heavy atom. The number of nitrogens with one attached hydrogen (secondary N) is 2. The maximum Gasteiger partial charge on any atom is 0.220 e. The Balaban J connectivity index is 1.66. The minimum atomic E-state index is -0.121. The summed E-state index contributed by atoms with van der Waals surface area (Å²) in [5.41, 5.74) is -0.121. The standard InChI is InChI=1S/C13H24N2O2/c1-13(5-2-8-17-13)10-15-12(16)9-11-3-6-14-7-4-11/h11,14H,2-10H2,1H3,(H,15,16). The molecule has 2 N–H and O–H groups in total. The molecule has 17 heavy (non-hydrogen) atoms. The molecule has 0 spiro atoms. The van der Waals surface area contributed by atoms with Gasteiger partial charge in [-0.3, -0.25) is 4.79 Å². The predicted octanol–water partition coefficient (Wildman–Crippen LogP) is 1.06. The lowest BCUT2D eigenvalue weighted by Gasteiger charge is -2.25. The van der Waals surface area contributed by atoms with E-state index in [-0.39, 0.29) is 11.5 Å². The number of amides is 1. The summed E-state index contributed by atoms with van der Waals surface area (Å²) in [7, 11) is 0. The van der Waals surface area contributed by atoms with Gasteiger partial charge in [-0.15, -0.1) is 0 Å². The Morgan fingerprint density at radius 2 is 2.24 bits per heavy atom. The molecule has 4 heteroatoms. The van der Waals surface area contributed by atoms with Crippen molar-refractivity contribution in [3.63, 3.8) is 0 Å². The largest absolute Gasteiger partial charge is 0.373 e. The van der Waals surface area contributed by atoms with Gasteiger partial charge in [-0.05, 0) is 51.6 Å². The smallest absolute Gasteiger partial charge is 0.220 e. The van der Waals surface area contributed by atoms with Gasteiger partial charge in [0, 0.05) is 19.6 Å². The van der Waals surface area contributed by atoms with Crippen LogP contribution in [0.25, 0.3) is 0 Å². The van der Waals surface area contributed by atoms with E-state index < -0.39 is 0 Å². The van der Waals surface area contributed by atoms with Crippen molar-refractivity contribution in [1.82, 2.24) is 10.6 Å². The maximum absolute atomic E-state index is 11.8. The van der Waals surface area contributed by atoms with Gasteiger partial charge in [-0.1, -0.05) is 0 Å². The number of rotatable bonds is 4. The highest BCUT2D eigenvalue weighted by Crippen LogP contribution is 2.24. The Kier molecular flexibility index (Phi) is 4.40. The zero-order valence-electron chi connectivity index (χ0n) is 10.8. The molecule has 2 rings (SSSR count). The first-order chi connectivity index (χ1) is 8.18. The van der Waals surface area contributed by atoms with Crippen LogP contribution in [0, 0.1) is 5.92 Å². The van der Waals surface area contributed by atoms with Crippen LogP contribution in [0.4, 0.5) is 0 Å². The quantitative estimate of drug-likeness (QED) is 0.772. The molecule has 2 saturated heterocycles. The molecule has 0 aromatic carbocycles. The maximum atomic E-state index is 11.8. The number of carbonyl (C=O) groups is 1. The topological polar surface area (TPSA) is 50.4 Å². The van der Waals surface area contributed by atoms with E-state index in [1.165, 1.54) is 0 Å². The Hall–Kier alpha value is -0.610. The average Bonchev–Trinajstić information content (AvgIpc) is 2.76. The number of ether oxygens (including phenoxy) is 1. The summed E-state index contributed by atoms with van der Waals surface area (Å²) in [5, 5.41) is 6.35. The zero-order chi connectivity index (χ0) is 12.1. The summed E-state index contributed by atoms with van der Waals surface area (Å²) in [5.74, 6) is 0.752. The minimum absolute atomic E-state index is 0.121. The molecule has 0 aromatic heterocycles. The van der Waals surface area contributed by atoms with E-state index in [4.69, 9.17) is 4.74 Å². The first kappa shape index (κ1) is 12.8. The van der Waals surface area contributed by atoms with Crippen LogP contribution in [0.3, 0.4) is 0 Å². The van der Waals surface area contributed by atoms with Gasteiger partial charge in [0.05, 0.1) is 5.60 Å². The lowest BCUT2D eigenvalue weighted by molar-refractivity contribution is -0.123. The molecule has 0 saturated carbocycles. The van der Waals surface area contributed by atoms with E-state index in [2.05, 4.69) is 17.6 Å². The third-order valence-corrected chi connectivity index (χ3v) is 3.89. The highest BCUT2D eigenvalue weighted by atomic mass is 16.5. The van der Waals surface area contributed by atoms with Gasteiger partial charge in [0.1, 0.15) is 0 Å². The van der Waals surface area contributed by atoms with Crippen LogP contribution in [0.5, 0.6) is 0 Å². The summed E-state index contributed by atoms with van der Waals surface area (Å²) in [4.78, 5) is 11.8. The SMILES string of the molecule is CC1(CNC(=O)CC2CCNCC2)CCCO1. The molecule has 0 radical (unpaired) electrons. The fraction of sp³-hybridized carbons (Fsp3) is 0.923. The Bertz CT molecular complexity index is 256. The minimum Gasteiger partial charge on any atom is -0.373 e. The molecule has 2 aliphatic rings. The van der Waals surface area contributed by atoms with E-state index in [0.29, 0.717) is 18.9 Å². The summed E-state index contributed by atoms with van der Waals surface area (Å²) < 4.78 is 5.66. The summed E-state index contributed by atoms with van der Waals surface area (Å²) in [6, 6.07) is 0. The lowest BCUT2D eigenvalue weighted by Crippen LogP contribution is -2.41. The van der Waals surface area contributed by atoms with Crippen molar-refractivity contribution >= 4 is 5.91 Å². The van der Waals surface area contributed by atoms with Gasteiger partial charge >= 0.3 is 0 Å². The molecule has 98 valence electrons. The molecular formula is C13H24N2O2. The second-order valence-corrected chi connectivity index (χ2v) is 5.58. The monoisotopic (exact) mass is 240 g/mol. The van der Waals surface area contributed by atoms with Gasteiger partial charge in [-0.25, -0.2) is 0 Å². The van der Waals surface area contributed by atoms with Gasteiger partial charge < -0.3 is 15.4 Å². The first-order valence-electron chi connectivity index (χ1n) is 6.79. The van der Waals surface area contributed by atoms with Gasteiger partial charge in [0.2, 0.25) is 5.91 Å². The van der Waals surface area contributed by atoms with Crippen LogP contribution in [0.15, 0.2) is 0 Å². The van der Waals surface area contributed by atoms with Crippen LogP contribution >= 0.6 is 0 Å². The van der Waals surface area contributed by atoms with Crippen molar-refractivity contribution in [2.75, 3.05) is 26.2 Å². The fourth-order valence-corrected chi connectivity index (χ4v) is 2.68. The number of piperidine rings is 1. The number of carbonyl (C=O) groups excluding carboxylic acids is 1. The number of hydrogen-bond acceptors (Lipinski definition) is 3. The van der Waals surface area contributed by atoms with Gasteiger partial charge in [-0.2, -0.15) is 0 Å². The molecule has 0 aromatic rings. The van der Waals surface area contributed by atoms with Crippen LogP contribution in [0.2, 0.25) is 0 Å². The van der Waals surface area contributed by atoms with Crippen LogP contribution in [0.1, 0.15) is 39.0 Å². The van der Waals surface area contributed by atoms with Crippen molar-refractivity contribution in [3.8, 4) is 0 Å². The average molecular weight is 240 g/mol. The summed E-state index contributed by atoms with van der Waals surface area (Å²) >= 11 is 0. The van der Waals surface area contributed by atoms with Crippen molar-refractivity contribution in [1.29, 1.82) is 0 Å². The fourth-order valence-electron chi connectivity index (χ4n) is 2.68. The molecule has 0 aliphatic carbocycles. The number of hydrogen-bond donors (Lipinski definition) is 2. The van der Waals surface area contributed by atoms with E-state index in [0.717, 1.165) is 45.4 Å². The molecule has 2 fully saturated rings. The lowest BCUT2D eigenvalue weighted by atomic mass is 9.94. The highest BCUT2D eigenvalue weighted by molar-refractivity contribution is 5.76. The predicted molar refractivity (Wildman–Crippen MR) is 66.8 cm³/mol. The summed E-state index contributed by atoms with van der Waals surface area (Å²) in [6.07, 6.45) is 5.10. The molecule has 1 amide bonds. The van der Waals surface area contributed by atoms with Crippen LogP contribution in [-0.2, 0) is 9.53 Å². The molecule has 1 atom stereocenters. The van der Waals surface area contributed by atoms with Crippen molar-refractivity contribution in [3.05, 3.63) is 0 Å². The third-order valence-electron chi connectivity index (χ3n) is 3.89. The van der Waals surface area contributed by atoms with Crippen LogP contribution in [-0.4, -0.2) is 37.7 Å². The van der Waals surface area contributed by atoms with E-state index in [1.807, 2.05) is 0 Å². The van der Waals surface area contributed by atoms with Gasteiger partial charge in [0.15, 0.2) is 0 Å². The molecule has 1 unspecified atom stereocenters. The van der Waals surface area contributed by atoms with Gasteiger partial charge in [0.25, 0.3) is 0 Å². The molecule has 2 aliphatic heterocycles. The van der Waals surface area contributed by atoms with Crippen LogP contribution < -0.4 is 10.6 Å². The molecule has 2 heterocycles. The third kappa shape index (κ3) is 3.96. The molecule has 4 nitrogen and oxygen atoms in total. The van der Waals surface area contributed by atoms with Crippen molar-refractivity contribution < 1.29 is 9.53 Å². The highest BCUT2D eigenvalue weighted by Gasteiger charge is 2.30. The van der Waals surface area contributed by atoms with E-state index in [1.54, 1.807) is 0 Å². The first-order valence-corrected chi connectivity index (χ1v) is 6.79. The molecule has 0 bridgehead atoms. The second kappa shape index (κ2) is 5.83. The van der Waals surface area contributed by atoms with E-state index >= 15 is 0 Å². The zero-order valence-corrected chi connectivity index (χ0v) is 10.8. The normalized spacial score (nSPS) is 30.4. The Morgan fingerprint density at radius 3 is 2.88 bits per heavy atom. The van der Waals surface area contributed by atoms with E-state index in [9.17, 15) is 4.79 Å².